The summed E-state index contributed by atoms with van der Waals surface area (Å²) < 4.78 is 24.8. The molecule has 1 spiro atoms. The second-order valence-corrected chi connectivity index (χ2v) is 11.2. The molecular formula is C24H36N4O3S. The molecule has 0 aromatic heterocycles. The van der Waals surface area contributed by atoms with E-state index in [1.54, 1.807) is 10.5 Å². The van der Waals surface area contributed by atoms with Crippen LogP contribution in [0.4, 0.5) is 0 Å². The number of allylic oxidation sites excluding steroid dienone is 2. The highest BCUT2D eigenvalue weighted by atomic mass is 32.2. The number of fused-ring (bicyclic) bond motifs is 2. The van der Waals surface area contributed by atoms with E-state index in [4.69, 9.17) is 5.14 Å². The average molecular weight is 461 g/mol. The molecule has 0 radical (unpaired) electrons. The van der Waals surface area contributed by atoms with Crippen molar-refractivity contribution in [2.24, 2.45) is 5.14 Å². The van der Waals surface area contributed by atoms with E-state index in [2.05, 4.69) is 35.6 Å². The van der Waals surface area contributed by atoms with Crippen molar-refractivity contribution in [3.63, 3.8) is 0 Å². The summed E-state index contributed by atoms with van der Waals surface area (Å²) in [6, 6.07) is 8.86. The highest BCUT2D eigenvalue weighted by molar-refractivity contribution is 7.87. The summed E-state index contributed by atoms with van der Waals surface area (Å²) in [6.07, 6.45) is 6.44. The Balaban J connectivity index is 1.48. The number of carbonyl (C=O) groups is 1. The fourth-order valence-electron chi connectivity index (χ4n) is 5.89. The van der Waals surface area contributed by atoms with Crippen LogP contribution in [-0.2, 0) is 27.0 Å². The van der Waals surface area contributed by atoms with Crippen molar-refractivity contribution < 1.29 is 13.2 Å². The molecule has 1 aromatic rings. The Morgan fingerprint density at radius 3 is 2.44 bits per heavy atom. The predicted octanol–water partition coefficient (Wildman–Crippen LogP) is 2.43. The predicted molar refractivity (Wildman–Crippen MR) is 126 cm³/mol. The molecule has 3 N–H and O–H groups in total. The number of nitrogens with one attached hydrogen (secondary N) is 1. The molecule has 1 saturated heterocycles. The first-order chi connectivity index (χ1) is 15.2. The zero-order valence-electron chi connectivity index (χ0n) is 19.3. The van der Waals surface area contributed by atoms with Crippen molar-refractivity contribution in [1.29, 1.82) is 0 Å². The number of hydrogen-bond acceptors (Lipinski definition) is 4. The summed E-state index contributed by atoms with van der Waals surface area (Å²) in [5, 5.41) is 5.06. The van der Waals surface area contributed by atoms with Gasteiger partial charge in [0.05, 0.1) is 5.41 Å². The maximum Gasteiger partial charge on any atom is 0.274 e. The van der Waals surface area contributed by atoms with Crippen LogP contribution >= 0.6 is 0 Å². The Hall–Kier alpha value is -1.74. The molecule has 2 aliphatic heterocycles. The minimum atomic E-state index is -3.76. The summed E-state index contributed by atoms with van der Waals surface area (Å²) in [7, 11) is -3.76. The second kappa shape index (κ2) is 9.25. The highest BCUT2D eigenvalue weighted by Crippen LogP contribution is 2.44. The van der Waals surface area contributed by atoms with Crippen molar-refractivity contribution in [1.82, 2.24) is 14.5 Å². The van der Waals surface area contributed by atoms with Gasteiger partial charge < -0.3 is 9.80 Å². The van der Waals surface area contributed by atoms with E-state index in [-0.39, 0.29) is 12.5 Å². The van der Waals surface area contributed by atoms with Crippen molar-refractivity contribution in [3.05, 3.63) is 46.5 Å². The Labute approximate surface area is 192 Å². The van der Waals surface area contributed by atoms with Crippen molar-refractivity contribution in [2.45, 2.75) is 70.4 Å². The van der Waals surface area contributed by atoms with E-state index in [0.29, 0.717) is 19.1 Å². The van der Waals surface area contributed by atoms with E-state index in [1.165, 1.54) is 36.8 Å². The number of nitrogens with two attached hydrogens (primary N) is 1. The summed E-state index contributed by atoms with van der Waals surface area (Å²) in [5.41, 5.74) is 4.92. The van der Waals surface area contributed by atoms with Gasteiger partial charge in [-0.2, -0.15) is 8.42 Å². The Morgan fingerprint density at radius 1 is 1.16 bits per heavy atom. The summed E-state index contributed by atoms with van der Waals surface area (Å²) in [6.45, 7) is 7.26. The summed E-state index contributed by atoms with van der Waals surface area (Å²) >= 11 is 0. The third-order valence-corrected chi connectivity index (χ3v) is 8.32. The molecule has 8 heteroatoms. The minimum absolute atomic E-state index is 0.127. The molecule has 1 aromatic carbocycles. The van der Waals surface area contributed by atoms with Gasteiger partial charge in [0.2, 0.25) is 5.91 Å². The van der Waals surface area contributed by atoms with Gasteiger partial charge in [0.1, 0.15) is 0 Å². The Kier molecular flexibility index (Phi) is 6.77. The molecule has 4 rings (SSSR count). The smallest absolute Gasteiger partial charge is 0.274 e. The van der Waals surface area contributed by atoms with Crippen LogP contribution in [0.15, 0.2) is 35.4 Å². The molecule has 0 atom stereocenters. The lowest BCUT2D eigenvalue weighted by Crippen LogP contribution is -2.58. The van der Waals surface area contributed by atoms with Gasteiger partial charge in [-0.05, 0) is 76.6 Å². The summed E-state index contributed by atoms with van der Waals surface area (Å²) in [5.74, 6) is 0.127. The molecule has 1 amide bonds. The van der Waals surface area contributed by atoms with Crippen LogP contribution in [0.1, 0.15) is 63.5 Å². The third-order valence-electron chi connectivity index (χ3n) is 7.71. The number of likely N-dealkylation sites (tertiary alicyclic amines) is 1. The number of carbonyl (C=O) groups excluding carboxylic acids is 1. The number of amides is 1. The number of piperidine rings is 1. The minimum Gasteiger partial charge on any atom is -0.336 e. The van der Waals surface area contributed by atoms with Gasteiger partial charge in [0.15, 0.2) is 0 Å². The van der Waals surface area contributed by atoms with E-state index in [1.807, 2.05) is 12.1 Å². The lowest BCUT2D eigenvalue weighted by atomic mass is 9.67. The lowest BCUT2D eigenvalue weighted by molar-refractivity contribution is -0.142. The summed E-state index contributed by atoms with van der Waals surface area (Å²) in [4.78, 5) is 18.1. The van der Waals surface area contributed by atoms with Gasteiger partial charge >= 0.3 is 0 Å². The number of benzene rings is 1. The van der Waals surface area contributed by atoms with Crippen LogP contribution in [0.2, 0.25) is 0 Å². The van der Waals surface area contributed by atoms with Gasteiger partial charge in [-0.3, -0.25) is 4.79 Å². The number of hydrogen-bond donors (Lipinski definition) is 2. The molecule has 2 fully saturated rings. The van der Waals surface area contributed by atoms with Gasteiger partial charge in [-0.15, -0.1) is 0 Å². The first kappa shape index (κ1) is 23.4. The lowest BCUT2D eigenvalue weighted by Gasteiger charge is -2.49. The Bertz CT molecular complexity index is 982. The van der Waals surface area contributed by atoms with Crippen LogP contribution in [0.25, 0.3) is 0 Å². The molecule has 32 heavy (non-hydrogen) atoms. The molecule has 0 unspecified atom stereocenters. The van der Waals surface area contributed by atoms with Crippen LogP contribution in [-0.4, -0.2) is 56.3 Å². The van der Waals surface area contributed by atoms with Crippen LogP contribution in [0.3, 0.4) is 0 Å². The first-order valence-corrected chi connectivity index (χ1v) is 13.3. The normalized spacial score (nSPS) is 24.0. The Morgan fingerprint density at radius 2 is 1.81 bits per heavy atom. The van der Waals surface area contributed by atoms with E-state index in [0.717, 1.165) is 31.5 Å². The van der Waals surface area contributed by atoms with E-state index in [9.17, 15) is 13.2 Å². The molecule has 1 aliphatic carbocycles. The largest absolute Gasteiger partial charge is 0.336 e. The van der Waals surface area contributed by atoms with Crippen molar-refractivity contribution in [3.8, 4) is 0 Å². The molecule has 2 heterocycles. The molecule has 176 valence electrons. The topological polar surface area (TPSA) is 95.7 Å². The number of nitrogens with zero attached hydrogens (tertiary/aromatic N) is 2. The van der Waals surface area contributed by atoms with Crippen molar-refractivity contribution in [2.75, 3.05) is 26.2 Å². The third kappa shape index (κ3) is 4.78. The van der Waals surface area contributed by atoms with Gasteiger partial charge in [0.25, 0.3) is 10.2 Å². The number of rotatable bonds is 5. The monoisotopic (exact) mass is 460 g/mol. The SMILES string of the molecule is CC(C)=C1CCC(N2CCC3(CC2)C(=O)N(CCNS(N)(=O)=O)Cc2ccccc23)CC1. The highest BCUT2D eigenvalue weighted by Gasteiger charge is 2.49. The first-order valence-electron chi connectivity index (χ1n) is 11.7. The van der Waals surface area contributed by atoms with Gasteiger partial charge in [0, 0.05) is 25.7 Å². The standard InChI is InChI=1S/C24H36N4O3S/c1-18(2)19-7-9-21(10-8-19)27-14-11-24(12-15-27)22-6-4-3-5-20(22)17-28(23(24)29)16-13-26-32(25,30)31/h3-6,21,26H,7-17H2,1-2H3,(H2,25,30,31). The maximum atomic E-state index is 13.7. The quantitative estimate of drug-likeness (QED) is 0.660. The van der Waals surface area contributed by atoms with E-state index < -0.39 is 15.6 Å². The zero-order chi connectivity index (χ0) is 22.9. The second-order valence-electron chi connectivity index (χ2n) is 9.78. The van der Waals surface area contributed by atoms with Gasteiger partial charge in [-0.1, -0.05) is 35.4 Å². The molecular weight excluding hydrogens is 424 g/mol. The van der Waals surface area contributed by atoms with E-state index >= 15 is 0 Å². The fourth-order valence-corrected chi connectivity index (χ4v) is 6.27. The van der Waals surface area contributed by atoms with Crippen LogP contribution < -0.4 is 9.86 Å². The average Bonchev–Trinajstić information content (AvgIpc) is 2.77. The van der Waals surface area contributed by atoms with Crippen LogP contribution in [0.5, 0.6) is 0 Å². The fraction of sp³-hybridized carbons (Fsp3) is 0.625. The molecule has 1 saturated carbocycles. The maximum absolute atomic E-state index is 13.7. The zero-order valence-corrected chi connectivity index (χ0v) is 20.1. The molecule has 7 nitrogen and oxygen atoms in total. The van der Waals surface area contributed by atoms with Crippen LogP contribution in [0, 0.1) is 0 Å². The molecule has 0 bridgehead atoms. The molecule has 3 aliphatic rings. The van der Waals surface area contributed by atoms with Gasteiger partial charge in [-0.25, -0.2) is 9.86 Å². The van der Waals surface area contributed by atoms with Crippen molar-refractivity contribution >= 4 is 16.1 Å².